The van der Waals surface area contributed by atoms with E-state index in [1.165, 1.54) is 6.92 Å². The number of amides is 2. The highest BCUT2D eigenvalue weighted by Gasteiger charge is 2.32. The second kappa shape index (κ2) is 17.2. The van der Waals surface area contributed by atoms with Crippen molar-refractivity contribution in [1.29, 1.82) is 0 Å². The Bertz CT molecular complexity index is 1600. The molecule has 248 valence electrons. The first-order valence-corrected chi connectivity index (χ1v) is 16.9. The number of unbranched alkanes of at least 4 members (excludes halogenated alkanes) is 2. The molecule has 1 fully saturated rings. The summed E-state index contributed by atoms with van der Waals surface area (Å²) in [6, 6.07) is 24.2. The lowest BCUT2D eigenvalue weighted by Gasteiger charge is -2.36. The van der Waals surface area contributed by atoms with Crippen molar-refractivity contribution in [3.63, 3.8) is 0 Å². The monoisotopic (exact) mass is 658 g/mol. The van der Waals surface area contributed by atoms with Crippen molar-refractivity contribution in [1.82, 2.24) is 30.8 Å². The van der Waals surface area contributed by atoms with E-state index in [0.717, 1.165) is 57.8 Å². The Balaban J connectivity index is 1.20. The van der Waals surface area contributed by atoms with Crippen molar-refractivity contribution in [2.24, 2.45) is 7.05 Å². The Morgan fingerprint density at radius 1 is 0.936 bits per heavy atom. The zero-order chi connectivity index (χ0) is 33.0. The predicted octanol–water partition coefficient (Wildman–Crippen LogP) is 5.02. The SMILES string of the molecule is CC(=O)NCCCCCC(=O)NCc1cccc(-c2ccc(C3OC(CSc4nnnn4C)CC(c4ccc(CO)cc4)O3)cc2)c1. The maximum atomic E-state index is 12.4. The van der Waals surface area contributed by atoms with E-state index >= 15 is 0 Å². The van der Waals surface area contributed by atoms with Crippen LogP contribution in [0.25, 0.3) is 11.1 Å². The average molecular weight is 659 g/mol. The van der Waals surface area contributed by atoms with Crippen LogP contribution < -0.4 is 10.6 Å². The number of carbonyl (C=O) groups is 2. The van der Waals surface area contributed by atoms with Gasteiger partial charge >= 0.3 is 0 Å². The highest BCUT2D eigenvalue weighted by molar-refractivity contribution is 7.99. The number of hydrogen-bond acceptors (Lipinski definition) is 9. The van der Waals surface area contributed by atoms with Gasteiger partial charge in [-0.3, -0.25) is 9.59 Å². The molecule has 1 aliphatic rings. The number of aryl methyl sites for hydroxylation is 1. The molecule has 0 radical (unpaired) electrons. The topological polar surface area (TPSA) is 140 Å². The minimum Gasteiger partial charge on any atom is -0.392 e. The van der Waals surface area contributed by atoms with Gasteiger partial charge < -0.3 is 25.2 Å². The van der Waals surface area contributed by atoms with Crippen LogP contribution in [0, 0.1) is 0 Å². The summed E-state index contributed by atoms with van der Waals surface area (Å²) in [7, 11) is 1.82. The molecule has 47 heavy (non-hydrogen) atoms. The van der Waals surface area contributed by atoms with Gasteiger partial charge in [-0.15, -0.1) is 5.10 Å². The van der Waals surface area contributed by atoms with Crippen molar-refractivity contribution >= 4 is 23.6 Å². The van der Waals surface area contributed by atoms with Crippen molar-refractivity contribution in [2.45, 2.75) is 75.8 Å². The van der Waals surface area contributed by atoms with Crippen LogP contribution in [0.2, 0.25) is 0 Å². The fraction of sp³-hybridized carbons (Fsp3) is 0.400. The van der Waals surface area contributed by atoms with Gasteiger partial charge in [-0.05, 0) is 57.2 Å². The number of benzene rings is 3. The van der Waals surface area contributed by atoms with E-state index in [1.54, 1.807) is 16.4 Å². The number of carbonyl (C=O) groups excluding carboxylic acids is 2. The Morgan fingerprint density at radius 3 is 2.45 bits per heavy atom. The molecule has 1 aromatic heterocycles. The summed E-state index contributed by atoms with van der Waals surface area (Å²) in [5.74, 6) is 0.667. The van der Waals surface area contributed by atoms with E-state index in [2.05, 4.69) is 50.4 Å². The molecule has 0 saturated carbocycles. The summed E-state index contributed by atoms with van der Waals surface area (Å²) in [5.41, 5.74) is 5.94. The Kier molecular flexibility index (Phi) is 12.5. The number of nitrogens with zero attached hydrogens (tertiary/aromatic N) is 4. The molecule has 5 rings (SSSR count). The van der Waals surface area contributed by atoms with Gasteiger partial charge in [0.25, 0.3) is 0 Å². The summed E-state index contributed by atoms with van der Waals surface area (Å²) >= 11 is 1.55. The Labute approximate surface area is 279 Å². The molecule has 3 aromatic carbocycles. The van der Waals surface area contributed by atoms with E-state index in [4.69, 9.17) is 9.47 Å². The van der Waals surface area contributed by atoms with Crippen molar-refractivity contribution in [3.05, 3.63) is 95.1 Å². The maximum Gasteiger partial charge on any atom is 0.220 e. The normalized spacial score (nSPS) is 17.7. The summed E-state index contributed by atoms with van der Waals surface area (Å²) in [4.78, 5) is 23.3. The number of hydrogen-bond donors (Lipinski definition) is 3. The van der Waals surface area contributed by atoms with Crippen molar-refractivity contribution < 1.29 is 24.2 Å². The molecule has 2 amide bonds. The predicted molar refractivity (Wildman–Crippen MR) is 179 cm³/mol. The lowest BCUT2D eigenvalue weighted by molar-refractivity contribution is -0.245. The molecule has 12 heteroatoms. The minimum atomic E-state index is -0.560. The zero-order valence-electron chi connectivity index (χ0n) is 26.8. The molecular weight excluding hydrogens is 616 g/mol. The maximum absolute atomic E-state index is 12.4. The number of aliphatic hydroxyl groups is 1. The largest absolute Gasteiger partial charge is 0.392 e. The fourth-order valence-electron chi connectivity index (χ4n) is 5.37. The van der Waals surface area contributed by atoms with Gasteiger partial charge in [0.1, 0.15) is 0 Å². The molecular formula is C35H42N6O5S. The standard InChI is InChI=1S/C35H42N6O5S/c1-24(43)36-18-5-3-4-9-33(44)37-21-26-7-6-8-30(19-26)27-14-16-29(17-15-27)34-45-31(23-47-35-38-39-40-41(35)2)20-32(46-34)28-12-10-25(22-42)11-13-28/h6-8,10-17,19,31-32,34,42H,3-5,9,18,20-23H2,1-2H3,(H,36,43)(H,37,44). The second-order valence-electron chi connectivity index (χ2n) is 11.6. The number of thioether (sulfide) groups is 1. The van der Waals surface area contributed by atoms with Crippen LogP contribution in [0.4, 0.5) is 0 Å². The average Bonchev–Trinajstić information content (AvgIpc) is 3.52. The molecule has 3 N–H and O–H groups in total. The van der Waals surface area contributed by atoms with Gasteiger partial charge in [0, 0.05) is 51.2 Å². The number of nitrogens with one attached hydrogen (secondary N) is 2. The lowest BCUT2D eigenvalue weighted by Crippen LogP contribution is -2.31. The molecule has 0 spiro atoms. The molecule has 3 unspecified atom stereocenters. The first-order valence-electron chi connectivity index (χ1n) is 15.9. The van der Waals surface area contributed by atoms with E-state index in [1.807, 2.05) is 55.6 Å². The molecule has 2 heterocycles. The van der Waals surface area contributed by atoms with Crippen LogP contribution in [0.3, 0.4) is 0 Å². The van der Waals surface area contributed by atoms with E-state index in [-0.39, 0.29) is 30.6 Å². The van der Waals surface area contributed by atoms with Gasteiger partial charge in [-0.25, -0.2) is 4.68 Å². The van der Waals surface area contributed by atoms with Crippen LogP contribution >= 0.6 is 11.8 Å². The van der Waals surface area contributed by atoms with Crippen molar-refractivity contribution in [3.8, 4) is 11.1 Å². The molecule has 11 nitrogen and oxygen atoms in total. The van der Waals surface area contributed by atoms with Crippen LogP contribution in [0.1, 0.15) is 73.7 Å². The molecule has 1 saturated heterocycles. The van der Waals surface area contributed by atoms with Crippen LogP contribution in [-0.4, -0.2) is 55.5 Å². The van der Waals surface area contributed by atoms with Crippen LogP contribution in [-0.2, 0) is 39.3 Å². The Hall–Kier alpha value is -4.10. The van der Waals surface area contributed by atoms with Gasteiger partial charge in [0.2, 0.25) is 17.0 Å². The molecule has 1 aliphatic heterocycles. The zero-order valence-corrected chi connectivity index (χ0v) is 27.6. The number of tetrazole rings is 1. The van der Waals surface area contributed by atoms with Gasteiger partial charge in [-0.2, -0.15) is 0 Å². The summed E-state index contributed by atoms with van der Waals surface area (Å²) in [6.07, 6.45) is 2.86. The smallest absolute Gasteiger partial charge is 0.220 e. The first kappa shape index (κ1) is 34.2. The number of rotatable bonds is 15. The quantitative estimate of drug-likeness (QED) is 0.119. The molecule has 0 aliphatic carbocycles. The molecule has 3 atom stereocenters. The highest BCUT2D eigenvalue weighted by atomic mass is 32.2. The fourth-order valence-corrected chi connectivity index (χ4v) is 6.24. The number of aromatic nitrogens is 4. The van der Waals surface area contributed by atoms with Gasteiger partial charge in [-0.1, -0.05) is 84.9 Å². The second-order valence-corrected chi connectivity index (χ2v) is 12.6. The number of aliphatic hydroxyl groups excluding tert-OH is 1. The summed E-state index contributed by atoms with van der Waals surface area (Å²) < 4.78 is 14.6. The van der Waals surface area contributed by atoms with Crippen LogP contribution in [0.5, 0.6) is 0 Å². The number of ether oxygens (including phenoxy) is 2. The highest BCUT2D eigenvalue weighted by Crippen LogP contribution is 2.39. The summed E-state index contributed by atoms with van der Waals surface area (Å²) in [5, 5.41) is 27.8. The van der Waals surface area contributed by atoms with E-state index in [0.29, 0.717) is 31.7 Å². The van der Waals surface area contributed by atoms with Gasteiger partial charge in [0.05, 0.1) is 18.8 Å². The van der Waals surface area contributed by atoms with Crippen molar-refractivity contribution in [2.75, 3.05) is 12.3 Å². The molecule has 0 bridgehead atoms. The molecule has 4 aromatic rings. The summed E-state index contributed by atoms with van der Waals surface area (Å²) in [6.45, 7) is 2.61. The van der Waals surface area contributed by atoms with E-state index < -0.39 is 6.29 Å². The van der Waals surface area contributed by atoms with Crippen LogP contribution in [0.15, 0.2) is 78.0 Å². The minimum absolute atomic E-state index is 0.00450. The first-order chi connectivity index (χ1) is 22.9. The van der Waals surface area contributed by atoms with Gasteiger partial charge in [0.15, 0.2) is 6.29 Å². The lowest BCUT2D eigenvalue weighted by atomic mass is 9.99. The third-order valence-corrected chi connectivity index (χ3v) is 9.12. The third kappa shape index (κ3) is 10.2. The third-order valence-electron chi connectivity index (χ3n) is 7.98. The Morgan fingerprint density at radius 2 is 1.72 bits per heavy atom. The van der Waals surface area contributed by atoms with E-state index in [9.17, 15) is 14.7 Å².